The molecule has 2 aliphatic rings. The molecule has 7 heteroatoms. The minimum Gasteiger partial charge on any atom is -0.368 e. The largest absolute Gasteiger partial charge is 0.368 e. The summed E-state index contributed by atoms with van der Waals surface area (Å²) in [4.78, 5) is 8.49. The van der Waals surface area contributed by atoms with Crippen molar-refractivity contribution < 1.29 is 4.74 Å². The van der Waals surface area contributed by atoms with Crippen LogP contribution < -0.4 is 0 Å². The molecule has 0 amide bonds. The summed E-state index contributed by atoms with van der Waals surface area (Å²) in [5, 5.41) is 9.49. The summed E-state index contributed by atoms with van der Waals surface area (Å²) < 4.78 is 7.82. The summed E-state index contributed by atoms with van der Waals surface area (Å²) in [6.07, 6.45) is 9.18. The fourth-order valence-corrected chi connectivity index (χ4v) is 4.69. The van der Waals surface area contributed by atoms with Gasteiger partial charge in [0.1, 0.15) is 12.4 Å². The zero-order valence-electron chi connectivity index (χ0n) is 13.5. The van der Waals surface area contributed by atoms with Crippen molar-refractivity contribution in [1.29, 1.82) is 0 Å². The maximum Gasteiger partial charge on any atom is 0.163 e. The number of nitrogens with zero attached hydrogens (tertiary/aromatic N) is 5. The van der Waals surface area contributed by atoms with E-state index >= 15 is 0 Å². The third kappa shape index (κ3) is 3.32. The minimum atomic E-state index is 0.0125. The maximum atomic E-state index is 5.88. The lowest BCUT2D eigenvalue weighted by Crippen LogP contribution is -2.38. The lowest BCUT2D eigenvalue weighted by Gasteiger charge is -2.31. The molecule has 6 nitrogen and oxygen atoms in total. The summed E-state index contributed by atoms with van der Waals surface area (Å²) in [6.45, 7) is 3.53. The van der Waals surface area contributed by atoms with Crippen molar-refractivity contribution in [2.75, 3.05) is 19.7 Å². The second-order valence-corrected chi connectivity index (χ2v) is 7.69. The molecule has 1 atom stereocenters. The Morgan fingerprint density at radius 2 is 2.22 bits per heavy atom. The van der Waals surface area contributed by atoms with Crippen LogP contribution >= 0.6 is 11.3 Å². The van der Waals surface area contributed by atoms with Gasteiger partial charge in [-0.2, -0.15) is 0 Å². The first-order valence-corrected chi connectivity index (χ1v) is 9.23. The molecule has 2 fully saturated rings. The second-order valence-electron chi connectivity index (χ2n) is 6.54. The van der Waals surface area contributed by atoms with Gasteiger partial charge in [-0.25, -0.2) is 4.98 Å². The Balaban J connectivity index is 1.39. The van der Waals surface area contributed by atoms with Crippen molar-refractivity contribution in [1.82, 2.24) is 24.6 Å². The van der Waals surface area contributed by atoms with Crippen LogP contribution in [0.15, 0.2) is 12.5 Å². The minimum absolute atomic E-state index is 0.0125. The van der Waals surface area contributed by atoms with Gasteiger partial charge in [0.15, 0.2) is 5.82 Å². The standard InChI is InChI=1S/C16H23N5OS/c1-20-11-18-19-15(20)14-10-21(6-7-22-14)9-13-8-17-16(23-13)12-4-2-3-5-12/h8,11-12,14H,2-7,9-10H2,1H3/t14-/m1/s1. The Kier molecular flexibility index (Phi) is 4.41. The molecule has 1 saturated carbocycles. The van der Waals surface area contributed by atoms with E-state index in [4.69, 9.17) is 4.74 Å². The molecular formula is C16H23N5OS. The molecule has 0 spiro atoms. The predicted molar refractivity (Wildman–Crippen MR) is 88.3 cm³/mol. The first kappa shape index (κ1) is 15.2. The number of hydrogen-bond donors (Lipinski definition) is 0. The van der Waals surface area contributed by atoms with Crippen molar-refractivity contribution in [3.63, 3.8) is 0 Å². The van der Waals surface area contributed by atoms with E-state index < -0.39 is 0 Å². The predicted octanol–water partition coefficient (Wildman–Crippen LogP) is 2.50. The summed E-state index contributed by atoms with van der Waals surface area (Å²) in [6, 6.07) is 0. The Labute approximate surface area is 140 Å². The van der Waals surface area contributed by atoms with Gasteiger partial charge < -0.3 is 9.30 Å². The molecule has 23 heavy (non-hydrogen) atoms. The van der Waals surface area contributed by atoms with Crippen LogP contribution in [0.5, 0.6) is 0 Å². The first-order chi connectivity index (χ1) is 11.3. The van der Waals surface area contributed by atoms with E-state index in [2.05, 4.69) is 26.3 Å². The Morgan fingerprint density at radius 3 is 3.00 bits per heavy atom. The molecule has 1 aliphatic carbocycles. The highest BCUT2D eigenvalue weighted by Crippen LogP contribution is 2.36. The maximum absolute atomic E-state index is 5.88. The van der Waals surface area contributed by atoms with E-state index in [1.807, 2.05) is 23.0 Å². The molecule has 1 aliphatic heterocycles. The highest BCUT2D eigenvalue weighted by molar-refractivity contribution is 7.11. The molecule has 2 aromatic rings. The smallest absolute Gasteiger partial charge is 0.163 e. The summed E-state index contributed by atoms with van der Waals surface area (Å²) in [5.74, 6) is 1.62. The number of aryl methyl sites for hydroxylation is 1. The lowest BCUT2D eigenvalue weighted by molar-refractivity contribution is -0.0382. The van der Waals surface area contributed by atoms with Gasteiger partial charge in [-0.1, -0.05) is 12.8 Å². The SMILES string of the molecule is Cn1cnnc1[C@H]1CN(Cc2cnc(C3CCCC3)s2)CCO1. The molecule has 1 saturated heterocycles. The van der Waals surface area contributed by atoms with Crippen LogP contribution in [0.4, 0.5) is 0 Å². The number of morpholine rings is 1. The number of aromatic nitrogens is 4. The van der Waals surface area contributed by atoms with Crippen molar-refractivity contribution in [2.24, 2.45) is 7.05 Å². The van der Waals surface area contributed by atoms with Crippen LogP contribution in [0.2, 0.25) is 0 Å². The fourth-order valence-electron chi connectivity index (χ4n) is 3.56. The zero-order valence-corrected chi connectivity index (χ0v) is 14.3. The molecule has 0 N–H and O–H groups in total. The van der Waals surface area contributed by atoms with Gasteiger partial charge in [0, 0.05) is 43.7 Å². The number of thiazole rings is 1. The first-order valence-electron chi connectivity index (χ1n) is 8.42. The van der Waals surface area contributed by atoms with E-state index in [9.17, 15) is 0 Å². The van der Waals surface area contributed by atoms with Crippen LogP contribution in [-0.2, 0) is 18.3 Å². The molecule has 0 bridgehead atoms. The number of ether oxygens (including phenoxy) is 1. The van der Waals surface area contributed by atoms with Crippen LogP contribution in [0.1, 0.15) is 53.4 Å². The number of hydrogen-bond acceptors (Lipinski definition) is 6. The molecule has 0 unspecified atom stereocenters. The average Bonchev–Trinajstić information content (AvgIpc) is 3.28. The van der Waals surface area contributed by atoms with Gasteiger partial charge in [-0.15, -0.1) is 21.5 Å². The van der Waals surface area contributed by atoms with Crippen LogP contribution in [0, 0.1) is 0 Å². The third-order valence-electron chi connectivity index (χ3n) is 4.84. The quantitative estimate of drug-likeness (QED) is 0.860. The van der Waals surface area contributed by atoms with Gasteiger partial charge in [0.25, 0.3) is 0 Å². The molecule has 0 radical (unpaired) electrons. The van der Waals surface area contributed by atoms with Gasteiger partial charge in [-0.05, 0) is 12.8 Å². The Morgan fingerprint density at radius 1 is 1.35 bits per heavy atom. The van der Waals surface area contributed by atoms with Crippen molar-refractivity contribution in [3.05, 3.63) is 28.2 Å². The molecule has 0 aromatic carbocycles. The molecule has 2 aromatic heterocycles. The van der Waals surface area contributed by atoms with E-state index in [1.54, 1.807) is 6.33 Å². The Hall–Kier alpha value is -1.31. The summed E-state index contributed by atoms with van der Waals surface area (Å²) in [7, 11) is 1.97. The normalized spacial score (nSPS) is 23.6. The topological polar surface area (TPSA) is 56.1 Å². The highest BCUT2D eigenvalue weighted by Gasteiger charge is 2.26. The van der Waals surface area contributed by atoms with E-state index in [0.29, 0.717) is 5.92 Å². The van der Waals surface area contributed by atoms with Crippen molar-refractivity contribution in [3.8, 4) is 0 Å². The molecule has 4 rings (SSSR count). The molecular weight excluding hydrogens is 310 g/mol. The molecule has 124 valence electrons. The average molecular weight is 333 g/mol. The fraction of sp³-hybridized carbons (Fsp3) is 0.688. The highest BCUT2D eigenvalue weighted by atomic mass is 32.1. The van der Waals surface area contributed by atoms with Gasteiger partial charge in [0.2, 0.25) is 0 Å². The monoisotopic (exact) mass is 333 g/mol. The lowest BCUT2D eigenvalue weighted by atomic mass is 10.1. The zero-order chi connectivity index (χ0) is 15.6. The molecule has 3 heterocycles. The Bertz CT molecular complexity index is 648. The van der Waals surface area contributed by atoms with Crippen molar-refractivity contribution in [2.45, 2.75) is 44.2 Å². The van der Waals surface area contributed by atoms with E-state index in [-0.39, 0.29) is 6.10 Å². The number of rotatable bonds is 4. The summed E-state index contributed by atoms with van der Waals surface area (Å²) >= 11 is 1.90. The van der Waals surface area contributed by atoms with E-state index in [0.717, 1.165) is 32.1 Å². The van der Waals surface area contributed by atoms with Crippen LogP contribution in [-0.4, -0.2) is 44.3 Å². The van der Waals surface area contributed by atoms with Crippen molar-refractivity contribution >= 4 is 11.3 Å². The van der Waals surface area contributed by atoms with Gasteiger partial charge in [-0.3, -0.25) is 4.90 Å². The third-order valence-corrected chi connectivity index (χ3v) is 5.98. The summed E-state index contributed by atoms with van der Waals surface area (Å²) in [5.41, 5.74) is 0. The van der Waals surface area contributed by atoms with Gasteiger partial charge >= 0.3 is 0 Å². The van der Waals surface area contributed by atoms with E-state index in [1.165, 1.54) is 35.6 Å². The second kappa shape index (κ2) is 6.67. The van der Waals surface area contributed by atoms with Crippen LogP contribution in [0.25, 0.3) is 0 Å². The van der Waals surface area contributed by atoms with Gasteiger partial charge in [0.05, 0.1) is 11.6 Å². The van der Waals surface area contributed by atoms with Crippen LogP contribution in [0.3, 0.4) is 0 Å².